The van der Waals surface area contributed by atoms with Gasteiger partial charge in [0, 0.05) is 12.6 Å². The molecule has 0 radical (unpaired) electrons. The van der Waals surface area contributed by atoms with E-state index in [9.17, 15) is 4.79 Å². The SMILES string of the molecule is CCCCCCCNC(=O)C=Cc1ccc(Cl)c(Cl)c1. The van der Waals surface area contributed by atoms with Crippen LogP contribution in [0.15, 0.2) is 24.3 Å². The molecule has 4 heteroatoms. The van der Waals surface area contributed by atoms with Crippen molar-refractivity contribution in [3.05, 3.63) is 39.9 Å². The molecule has 0 aliphatic rings. The van der Waals surface area contributed by atoms with Crippen molar-refractivity contribution in [2.45, 2.75) is 39.0 Å². The Hall–Kier alpha value is -0.990. The highest BCUT2D eigenvalue weighted by Crippen LogP contribution is 2.22. The Bertz CT molecular complexity index is 458. The topological polar surface area (TPSA) is 29.1 Å². The van der Waals surface area contributed by atoms with Gasteiger partial charge in [-0.2, -0.15) is 0 Å². The number of carbonyl (C=O) groups is 1. The van der Waals surface area contributed by atoms with Crippen molar-refractivity contribution in [3.8, 4) is 0 Å². The van der Waals surface area contributed by atoms with E-state index < -0.39 is 0 Å². The zero-order valence-electron chi connectivity index (χ0n) is 11.8. The Balaban J connectivity index is 2.27. The van der Waals surface area contributed by atoms with Crippen LogP contribution in [0.4, 0.5) is 0 Å². The monoisotopic (exact) mass is 313 g/mol. The molecular formula is C16H21Cl2NO. The predicted molar refractivity (Wildman–Crippen MR) is 87.3 cm³/mol. The zero-order valence-corrected chi connectivity index (χ0v) is 13.3. The first-order valence-corrected chi connectivity index (χ1v) is 7.80. The van der Waals surface area contributed by atoms with E-state index in [4.69, 9.17) is 23.2 Å². The van der Waals surface area contributed by atoms with Crippen molar-refractivity contribution >= 4 is 35.2 Å². The van der Waals surface area contributed by atoms with Crippen LogP contribution in [0.25, 0.3) is 6.08 Å². The van der Waals surface area contributed by atoms with E-state index >= 15 is 0 Å². The van der Waals surface area contributed by atoms with Gasteiger partial charge in [-0.25, -0.2) is 0 Å². The third-order valence-electron chi connectivity index (χ3n) is 2.95. The molecule has 0 saturated carbocycles. The van der Waals surface area contributed by atoms with Gasteiger partial charge in [0.1, 0.15) is 0 Å². The molecule has 0 aliphatic carbocycles. The van der Waals surface area contributed by atoms with Gasteiger partial charge in [0.15, 0.2) is 0 Å². The average Bonchev–Trinajstić information content (AvgIpc) is 2.44. The van der Waals surface area contributed by atoms with E-state index in [1.165, 1.54) is 31.8 Å². The lowest BCUT2D eigenvalue weighted by atomic mass is 10.1. The molecule has 1 aromatic carbocycles. The molecular weight excluding hydrogens is 293 g/mol. The summed E-state index contributed by atoms with van der Waals surface area (Å²) in [5, 5.41) is 3.88. The van der Waals surface area contributed by atoms with Crippen molar-refractivity contribution in [1.82, 2.24) is 5.32 Å². The largest absolute Gasteiger partial charge is 0.353 e. The summed E-state index contributed by atoms with van der Waals surface area (Å²) in [5.41, 5.74) is 0.859. The van der Waals surface area contributed by atoms with Crippen molar-refractivity contribution in [3.63, 3.8) is 0 Å². The minimum absolute atomic E-state index is 0.0773. The maximum atomic E-state index is 11.6. The van der Waals surface area contributed by atoms with Gasteiger partial charge >= 0.3 is 0 Å². The van der Waals surface area contributed by atoms with Gasteiger partial charge in [0.2, 0.25) is 5.91 Å². The lowest BCUT2D eigenvalue weighted by Crippen LogP contribution is -2.21. The summed E-state index contributed by atoms with van der Waals surface area (Å²) in [7, 11) is 0. The number of benzene rings is 1. The summed E-state index contributed by atoms with van der Waals surface area (Å²) >= 11 is 11.7. The summed E-state index contributed by atoms with van der Waals surface area (Å²) < 4.78 is 0. The molecule has 0 bridgehead atoms. The fourth-order valence-electron chi connectivity index (χ4n) is 1.79. The number of rotatable bonds is 8. The zero-order chi connectivity index (χ0) is 14.8. The molecule has 0 saturated heterocycles. The number of hydrogen-bond donors (Lipinski definition) is 1. The van der Waals surface area contributed by atoms with Gasteiger partial charge < -0.3 is 5.32 Å². The van der Waals surface area contributed by atoms with Crippen molar-refractivity contribution < 1.29 is 4.79 Å². The van der Waals surface area contributed by atoms with Crippen LogP contribution in [0.1, 0.15) is 44.6 Å². The predicted octanol–water partition coefficient (Wildman–Crippen LogP) is 5.09. The summed E-state index contributed by atoms with van der Waals surface area (Å²) in [6.07, 6.45) is 9.20. The number of unbranched alkanes of at least 4 members (excludes halogenated alkanes) is 4. The second kappa shape index (κ2) is 9.84. The maximum Gasteiger partial charge on any atom is 0.243 e. The third kappa shape index (κ3) is 6.97. The van der Waals surface area contributed by atoms with Crippen LogP contribution >= 0.6 is 23.2 Å². The van der Waals surface area contributed by atoms with E-state index in [0.717, 1.165) is 18.5 Å². The van der Waals surface area contributed by atoms with E-state index in [1.54, 1.807) is 18.2 Å². The molecule has 0 aliphatic heterocycles. The molecule has 1 amide bonds. The van der Waals surface area contributed by atoms with E-state index in [2.05, 4.69) is 12.2 Å². The molecule has 0 atom stereocenters. The minimum atomic E-state index is -0.0773. The molecule has 0 fully saturated rings. The Morgan fingerprint density at radius 1 is 1.15 bits per heavy atom. The first-order chi connectivity index (χ1) is 9.63. The number of amides is 1. The number of carbonyl (C=O) groups excluding carboxylic acids is 1. The average molecular weight is 314 g/mol. The smallest absolute Gasteiger partial charge is 0.243 e. The molecule has 1 rings (SSSR count). The van der Waals surface area contributed by atoms with Crippen molar-refractivity contribution in [2.75, 3.05) is 6.54 Å². The van der Waals surface area contributed by atoms with Crippen molar-refractivity contribution in [2.24, 2.45) is 0 Å². The maximum absolute atomic E-state index is 11.6. The third-order valence-corrected chi connectivity index (χ3v) is 3.69. The number of halogens is 2. The molecule has 0 unspecified atom stereocenters. The molecule has 20 heavy (non-hydrogen) atoms. The summed E-state index contributed by atoms with van der Waals surface area (Å²) in [4.78, 5) is 11.6. The Morgan fingerprint density at radius 3 is 2.60 bits per heavy atom. The van der Waals surface area contributed by atoms with E-state index in [1.807, 2.05) is 6.07 Å². The highest BCUT2D eigenvalue weighted by Gasteiger charge is 1.98. The van der Waals surface area contributed by atoms with Crippen molar-refractivity contribution in [1.29, 1.82) is 0 Å². The Labute approximate surface area is 131 Å². The molecule has 0 heterocycles. The van der Waals surface area contributed by atoms with Crippen LogP contribution in [0.5, 0.6) is 0 Å². The Morgan fingerprint density at radius 2 is 1.90 bits per heavy atom. The second-order valence-electron chi connectivity index (χ2n) is 4.71. The van der Waals surface area contributed by atoms with Crippen LogP contribution in [0.2, 0.25) is 10.0 Å². The highest BCUT2D eigenvalue weighted by atomic mass is 35.5. The quantitative estimate of drug-likeness (QED) is 0.525. The van der Waals surface area contributed by atoms with E-state index in [0.29, 0.717) is 10.0 Å². The van der Waals surface area contributed by atoms with Crippen LogP contribution in [-0.2, 0) is 4.79 Å². The first-order valence-electron chi connectivity index (χ1n) is 7.04. The van der Waals surface area contributed by atoms with Gasteiger partial charge in [0.25, 0.3) is 0 Å². The summed E-state index contributed by atoms with van der Waals surface area (Å²) in [5.74, 6) is -0.0773. The fraction of sp³-hybridized carbons (Fsp3) is 0.438. The molecule has 0 spiro atoms. The number of nitrogens with one attached hydrogen (secondary N) is 1. The van der Waals surface area contributed by atoms with Crippen LogP contribution in [0, 0.1) is 0 Å². The van der Waals surface area contributed by atoms with E-state index in [-0.39, 0.29) is 5.91 Å². The van der Waals surface area contributed by atoms with Gasteiger partial charge in [-0.15, -0.1) is 0 Å². The van der Waals surface area contributed by atoms with Gasteiger partial charge in [-0.05, 0) is 30.2 Å². The van der Waals surface area contributed by atoms with Crippen LogP contribution < -0.4 is 5.32 Å². The molecule has 1 aromatic rings. The summed E-state index contributed by atoms with van der Waals surface area (Å²) in [6, 6.07) is 5.27. The summed E-state index contributed by atoms with van der Waals surface area (Å²) in [6.45, 7) is 2.92. The second-order valence-corrected chi connectivity index (χ2v) is 5.53. The van der Waals surface area contributed by atoms with Gasteiger partial charge in [0.05, 0.1) is 10.0 Å². The molecule has 1 N–H and O–H groups in total. The van der Waals surface area contributed by atoms with Gasteiger partial charge in [-0.1, -0.05) is 61.9 Å². The fourth-order valence-corrected chi connectivity index (χ4v) is 2.09. The molecule has 110 valence electrons. The highest BCUT2D eigenvalue weighted by molar-refractivity contribution is 6.42. The normalized spacial score (nSPS) is 10.9. The standard InChI is InChI=1S/C16H21Cl2NO/c1-2-3-4-5-6-11-19-16(20)10-8-13-7-9-14(17)15(18)12-13/h7-10,12H,2-6,11H2,1H3,(H,19,20). The Kier molecular flexibility index (Phi) is 8.40. The number of hydrogen-bond acceptors (Lipinski definition) is 1. The minimum Gasteiger partial charge on any atom is -0.353 e. The first kappa shape index (κ1) is 17.1. The molecule has 0 aromatic heterocycles. The molecule has 2 nitrogen and oxygen atoms in total. The lowest BCUT2D eigenvalue weighted by molar-refractivity contribution is -0.116. The lowest BCUT2D eigenvalue weighted by Gasteiger charge is -2.02. The van der Waals surface area contributed by atoms with Gasteiger partial charge in [-0.3, -0.25) is 4.79 Å². The van der Waals surface area contributed by atoms with Crippen LogP contribution in [0.3, 0.4) is 0 Å². The van der Waals surface area contributed by atoms with Crippen LogP contribution in [-0.4, -0.2) is 12.5 Å².